The minimum atomic E-state index is -1.31. The average Bonchev–Trinajstić information content (AvgIpc) is 3.29. The first-order chi connectivity index (χ1) is 16.5. The smallest absolute Gasteiger partial charge is 0.254 e. The van der Waals surface area contributed by atoms with Crippen molar-refractivity contribution in [3.63, 3.8) is 0 Å². The van der Waals surface area contributed by atoms with Crippen molar-refractivity contribution in [3.8, 4) is 0 Å². The number of carbonyl (C=O) groups is 1. The van der Waals surface area contributed by atoms with Gasteiger partial charge in [-0.05, 0) is 94.4 Å². The van der Waals surface area contributed by atoms with Gasteiger partial charge in [0.2, 0.25) is 0 Å². The molecule has 2 aliphatic heterocycles. The van der Waals surface area contributed by atoms with E-state index >= 15 is 0 Å². The van der Waals surface area contributed by atoms with Crippen molar-refractivity contribution in [1.82, 2.24) is 9.80 Å². The van der Waals surface area contributed by atoms with Crippen LogP contribution in [0.5, 0.6) is 0 Å². The molecule has 2 aliphatic rings. The molecule has 0 saturated carbocycles. The van der Waals surface area contributed by atoms with E-state index in [0.717, 1.165) is 50.1 Å². The van der Waals surface area contributed by atoms with Crippen molar-refractivity contribution in [2.24, 2.45) is 0 Å². The molecule has 2 aromatic rings. The highest BCUT2D eigenvalue weighted by molar-refractivity contribution is 6.35. The Kier molecular flexibility index (Phi) is 8.24. The van der Waals surface area contributed by atoms with Crippen LogP contribution in [0.1, 0.15) is 63.1 Å². The van der Waals surface area contributed by atoms with Crippen molar-refractivity contribution < 1.29 is 9.90 Å². The average molecular weight is 539 g/mol. The topological polar surface area (TPSA) is 55.8 Å². The Labute approximate surface area is 223 Å². The zero-order chi connectivity index (χ0) is 25.3. The second kappa shape index (κ2) is 10.9. The third-order valence-electron chi connectivity index (χ3n) is 7.28. The number of nitrogens with one attached hydrogen (secondary N) is 1. The normalized spacial score (nSPS) is 20.8. The van der Waals surface area contributed by atoms with E-state index in [2.05, 4.69) is 29.3 Å². The van der Waals surface area contributed by atoms with Gasteiger partial charge in [0.25, 0.3) is 5.91 Å². The van der Waals surface area contributed by atoms with Gasteiger partial charge in [0, 0.05) is 29.2 Å². The Morgan fingerprint density at radius 3 is 2.40 bits per heavy atom. The first-order valence-electron chi connectivity index (χ1n) is 12.3. The summed E-state index contributed by atoms with van der Waals surface area (Å²) in [5.74, 6) is 0.291. The number of rotatable bonds is 6. The Morgan fingerprint density at radius 1 is 1.03 bits per heavy atom. The van der Waals surface area contributed by atoms with Crippen LogP contribution in [0.4, 0.5) is 5.69 Å². The molecular formula is C27H34Cl3N3O2. The third-order valence-corrected chi connectivity index (χ3v) is 8.17. The third kappa shape index (κ3) is 6.26. The number of aliphatic hydroxyl groups is 1. The van der Waals surface area contributed by atoms with Crippen molar-refractivity contribution >= 4 is 46.4 Å². The number of amides is 1. The molecule has 2 atom stereocenters. The number of benzene rings is 2. The second-order valence-electron chi connectivity index (χ2n) is 10.3. The van der Waals surface area contributed by atoms with Crippen LogP contribution in [0.15, 0.2) is 36.4 Å². The number of nitrogens with zero attached hydrogens (tertiary/aromatic N) is 2. The van der Waals surface area contributed by atoms with Crippen molar-refractivity contribution in [2.45, 2.75) is 63.6 Å². The van der Waals surface area contributed by atoms with Gasteiger partial charge >= 0.3 is 0 Å². The molecule has 0 radical (unpaired) electrons. The molecule has 2 heterocycles. The molecule has 1 amide bonds. The van der Waals surface area contributed by atoms with Crippen molar-refractivity contribution in [1.29, 1.82) is 0 Å². The van der Waals surface area contributed by atoms with Crippen molar-refractivity contribution in [2.75, 3.05) is 31.5 Å². The number of halogens is 3. The summed E-state index contributed by atoms with van der Waals surface area (Å²) in [6.07, 6.45) is 3.10. The summed E-state index contributed by atoms with van der Waals surface area (Å²) in [6.45, 7) is 8.61. The fourth-order valence-corrected chi connectivity index (χ4v) is 6.02. The molecule has 35 heavy (non-hydrogen) atoms. The van der Waals surface area contributed by atoms with Crippen LogP contribution in [-0.4, -0.2) is 58.6 Å². The van der Waals surface area contributed by atoms with Crippen LogP contribution in [-0.2, 0) is 4.79 Å². The largest absolute Gasteiger partial charge is 0.381 e. The molecule has 2 unspecified atom stereocenters. The standard InChI is InChI=1S/C27H34Cl3N3O2/c1-17(22-6-5-20(28)15-24(22)30)31-25-14-19(4-7-23(25)29)18-8-11-32(12-9-18)21-10-13-33(16-21)26(34)27(2,3)35/h4-7,14-15,17-18,21,31,35H,8-13,16H2,1-3H3. The van der Waals surface area contributed by atoms with E-state index < -0.39 is 5.60 Å². The van der Waals surface area contributed by atoms with Crippen LogP contribution in [0, 0.1) is 0 Å². The fourth-order valence-electron chi connectivity index (χ4n) is 5.28. The van der Waals surface area contributed by atoms with Crippen LogP contribution >= 0.6 is 34.8 Å². The van der Waals surface area contributed by atoms with Gasteiger partial charge in [-0.2, -0.15) is 0 Å². The molecule has 0 bridgehead atoms. The highest BCUT2D eigenvalue weighted by Crippen LogP contribution is 2.36. The second-order valence-corrected chi connectivity index (χ2v) is 11.6. The Morgan fingerprint density at radius 2 is 1.74 bits per heavy atom. The van der Waals surface area contributed by atoms with E-state index in [0.29, 0.717) is 33.6 Å². The Bertz CT molecular complexity index is 1060. The molecule has 8 heteroatoms. The predicted octanol–water partition coefficient (Wildman–Crippen LogP) is 6.37. The van der Waals surface area contributed by atoms with Crippen molar-refractivity contribution in [3.05, 3.63) is 62.6 Å². The number of piperidine rings is 1. The summed E-state index contributed by atoms with van der Waals surface area (Å²) in [5.41, 5.74) is 1.86. The lowest BCUT2D eigenvalue weighted by molar-refractivity contribution is -0.146. The van der Waals surface area contributed by atoms with Gasteiger partial charge in [0.1, 0.15) is 5.60 Å². The van der Waals surface area contributed by atoms with Gasteiger partial charge in [-0.15, -0.1) is 0 Å². The quantitative estimate of drug-likeness (QED) is 0.449. The van der Waals surface area contributed by atoms with E-state index in [1.54, 1.807) is 19.9 Å². The van der Waals surface area contributed by atoms with Crippen LogP contribution in [0.3, 0.4) is 0 Å². The Balaban J connectivity index is 1.36. The summed E-state index contributed by atoms with van der Waals surface area (Å²) in [5, 5.41) is 15.5. The summed E-state index contributed by atoms with van der Waals surface area (Å²) in [7, 11) is 0. The molecule has 0 spiro atoms. The zero-order valence-corrected chi connectivity index (χ0v) is 22.8. The predicted molar refractivity (Wildman–Crippen MR) is 145 cm³/mol. The lowest BCUT2D eigenvalue weighted by Gasteiger charge is -2.36. The van der Waals surface area contributed by atoms with E-state index in [1.807, 2.05) is 23.1 Å². The van der Waals surface area contributed by atoms with E-state index in [1.165, 1.54) is 5.56 Å². The summed E-state index contributed by atoms with van der Waals surface area (Å²) >= 11 is 19.0. The van der Waals surface area contributed by atoms with Gasteiger partial charge in [0.15, 0.2) is 0 Å². The fraction of sp³-hybridized carbons (Fsp3) is 0.519. The maximum Gasteiger partial charge on any atom is 0.254 e. The molecule has 2 saturated heterocycles. The maximum absolute atomic E-state index is 12.4. The molecule has 2 N–H and O–H groups in total. The van der Waals surface area contributed by atoms with Crippen LogP contribution < -0.4 is 5.32 Å². The van der Waals surface area contributed by atoms with Gasteiger partial charge in [0.05, 0.1) is 16.8 Å². The summed E-state index contributed by atoms with van der Waals surface area (Å²) in [4.78, 5) is 16.7. The molecular weight excluding hydrogens is 505 g/mol. The lowest BCUT2D eigenvalue weighted by atomic mass is 9.88. The molecule has 0 aromatic heterocycles. The van der Waals surface area contributed by atoms with E-state index in [-0.39, 0.29) is 11.9 Å². The van der Waals surface area contributed by atoms with Gasteiger partial charge in [-0.25, -0.2) is 0 Å². The van der Waals surface area contributed by atoms with E-state index in [4.69, 9.17) is 34.8 Å². The first kappa shape index (κ1) is 26.6. The van der Waals surface area contributed by atoms with Crippen LogP contribution in [0.25, 0.3) is 0 Å². The minimum absolute atomic E-state index is 0.0220. The first-order valence-corrected chi connectivity index (χ1v) is 13.4. The number of carbonyl (C=O) groups excluding carboxylic acids is 1. The highest BCUT2D eigenvalue weighted by Gasteiger charge is 2.37. The maximum atomic E-state index is 12.4. The zero-order valence-electron chi connectivity index (χ0n) is 20.5. The summed E-state index contributed by atoms with van der Waals surface area (Å²) in [6, 6.07) is 12.2. The molecule has 2 fully saturated rings. The molecule has 0 aliphatic carbocycles. The monoisotopic (exact) mass is 537 g/mol. The van der Waals surface area contributed by atoms with Crippen LogP contribution in [0.2, 0.25) is 15.1 Å². The number of anilines is 1. The van der Waals surface area contributed by atoms with Gasteiger partial charge in [-0.1, -0.05) is 46.9 Å². The molecule has 2 aromatic carbocycles. The lowest BCUT2D eigenvalue weighted by Crippen LogP contribution is -2.47. The molecule has 5 nitrogen and oxygen atoms in total. The van der Waals surface area contributed by atoms with Gasteiger partial charge in [-0.3, -0.25) is 9.69 Å². The molecule has 190 valence electrons. The van der Waals surface area contributed by atoms with Gasteiger partial charge < -0.3 is 15.3 Å². The molecule has 4 rings (SSSR count). The Hall–Kier alpha value is -1.50. The SMILES string of the molecule is CC(Nc1cc(C2CCN(C3CCN(C(=O)C(C)(C)O)C3)CC2)ccc1Cl)c1ccc(Cl)cc1Cl. The summed E-state index contributed by atoms with van der Waals surface area (Å²) < 4.78 is 0. The number of hydrogen-bond donors (Lipinski definition) is 2. The number of likely N-dealkylation sites (tertiary alicyclic amines) is 2. The highest BCUT2D eigenvalue weighted by atomic mass is 35.5. The number of hydrogen-bond acceptors (Lipinski definition) is 4. The van der Waals surface area contributed by atoms with E-state index in [9.17, 15) is 9.90 Å². The minimum Gasteiger partial charge on any atom is -0.381 e.